The molecule has 0 unspecified atom stereocenters. The van der Waals surface area contributed by atoms with E-state index in [0.717, 1.165) is 50.1 Å². The number of esters is 4. The zero-order valence-corrected chi connectivity index (χ0v) is 32.8. The van der Waals surface area contributed by atoms with Crippen LogP contribution in [0.2, 0.25) is 0 Å². The van der Waals surface area contributed by atoms with Gasteiger partial charge in [0.25, 0.3) is 0 Å². The lowest BCUT2D eigenvalue weighted by Crippen LogP contribution is -2.64. The average Bonchev–Trinajstić information content (AvgIpc) is 3.53. The summed E-state index contributed by atoms with van der Waals surface area (Å²) >= 11 is 0. The number of methoxy groups -OCH3 is 1. The maximum absolute atomic E-state index is 12.9. The van der Waals surface area contributed by atoms with Gasteiger partial charge in [-0.15, -0.1) is 0 Å². The summed E-state index contributed by atoms with van der Waals surface area (Å²) in [7, 11) is 1.05. The highest BCUT2D eigenvalue weighted by Crippen LogP contribution is 2.44. The van der Waals surface area contributed by atoms with E-state index in [4.69, 9.17) is 42.6 Å². The number of anilines is 1. The van der Waals surface area contributed by atoms with Crippen molar-refractivity contribution in [1.29, 1.82) is 0 Å². The first kappa shape index (κ1) is 44.0. The minimum atomic E-state index is -1.71. The number of hydrogen-bond donors (Lipinski definition) is 3. The van der Waals surface area contributed by atoms with Crippen molar-refractivity contribution in [2.75, 3.05) is 52.0 Å². The number of fused-ring (bicyclic) bond motifs is 3. The van der Waals surface area contributed by atoms with Crippen molar-refractivity contribution in [1.82, 2.24) is 5.32 Å². The molecule has 1 fully saturated rings. The number of rotatable bonds is 18. The fourth-order valence-corrected chi connectivity index (χ4v) is 6.62. The Bertz CT molecular complexity index is 1940. The Balaban J connectivity index is 1.10. The van der Waals surface area contributed by atoms with Gasteiger partial charge in [0, 0.05) is 33.2 Å². The van der Waals surface area contributed by atoms with Gasteiger partial charge in [0.1, 0.15) is 19.0 Å². The third-order valence-corrected chi connectivity index (χ3v) is 9.04. The minimum Gasteiger partial charge on any atom is -0.467 e. The summed E-state index contributed by atoms with van der Waals surface area (Å²) < 4.78 is 49.2. The molecule has 316 valence electrons. The molecule has 0 aromatic heterocycles. The molecule has 2 amide bonds. The number of aliphatic hydroxyl groups excluding tert-OH is 1. The van der Waals surface area contributed by atoms with Crippen LogP contribution in [0.4, 0.5) is 10.5 Å². The maximum Gasteiger partial charge on any atom is 0.407 e. The van der Waals surface area contributed by atoms with Crippen LogP contribution in [0.5, 0.6) is 5.75 Å². The Kier molecular flexibility index (Phi) is 15.7. The van der Waals surface area contributed by atoms with Gasteiger partial charge in [-0.25, -0.2) is 9.59 Å². The first-order chi connectivity index (χ1) is 28.4. The van der Waals surface area contributed by atoms with E-state index >= 15 is 0 Å². The number of aliphatic hydroxyl groups is 1. The van der Waals surface area contributed by atoms with E-state index in [1.807, 2.05) is 36.4 Å². The second-order valence-electron chi connectivity index (χ2n) is 13.2. The fourth-order valence-electron chi connectivity index (χ4n) is 6.62. The molecule has 1 aliphatic carbocycles. The summed E-state index contributed by atoms with van der Waals surface area (Å²) in [4.78, 5) is 74.5. The van der Waals surface area contributed by atoms with Gasteiger partial charge in [-0.05, 0) is 39.9 Å². The van der Waals surface area contributed by atoms with E-state index < -0.39 is 79.8 Å². The summed E-state index contributed by atoms with van der Waals surface area (Å²) in [6, 6.07) is 20.3. The van der Waals surface area contributed by atoms with Gasteiger partial charge in [-0.1, -0.05) is 54.6 Å². The Hall–Kier alpha value is -6.08. The second kappa shape index (κ2) is 21.1. The first-order valence-electron chi connectivity index (χ1n) is 18.6. The topological polar surface area (TPSA) is 230 Å². The third kappa shape index (κ3) is 11.8. The second-order valence-corrected chi connectivity index (χ2v) is 13.2. The molecule has 59 heavy (non-hydrogen) atoms. The molecule has 3 N–H and O–H groups in total. The molecule has 0 saturated carbocycles. The van der Waals surface area contributed by atoms with Gasteiger partial charge in [0.15, 0.2) is 18.3 Å². The number of amides is 2. The summed E-state index contributed by atoms with van der Waals surface area (Å²) in [6.45, 7) is 2.96. The van der Waals surface area contributed by atoms with Crippen LogP contribution in [0.3, 0.4) is 0 Å². The molecule has 2 aliphatic rings. The van der Waals surface area contributed by atoms with Crippen LogP contribution in [-0.2, 0) is 68.5 Å². The summed E-state index contributed by atoms with van der Waals surface area (Å²) in [5.41, 5.74) is 4.87. The van der Waals surface area contributed by atoms with Crippen molar-refractivity contribution in [3.63, 3.8) is 0 Å². The Morgan fingerprint density at radius 3 is 1.98 bits per heavy atom. The molecule has 3 aromatic carbocycles. The van der Waals surface area contributed by atoms with Crippen molar-refractivity contribution < 1.29 is 76.5 Å². The largest absolute Gasteiger partial charge is 0.467 e. The molecule has 18 nitrogen and oxygen atoms in total. The number of ether oxygens (including phenoxy) is 9. The molecule has 5 atom stereocenters. The van der Waals surface area contributed by atoms with Crippen LogP contribution in [0.1, 0.15) is 43.4 Å². The molecule has 3 aromatic rings. The number of hydrogen-bond acceptors (Lipinski definition) is 16. The van der Waals surface area contributed by atoms with Crippen molar-refractivity contribution in [3.05, 3.63) is 83.4 Å². The zero-order valence-electron chi connectivity index (χ0n) is 32.8. The van der Waals surface area contributed by atoms with E-state index in [2.05, 4.69) is 22.8 Å². The van der Waals surface area contributed by atoms with Crippen molar-refractivity contribution in [2.24, 2.45) is 0 Å². The van der Waals surface area contributed by atoms with E-state index in [-0.39, 0.29) is 50.3 Å². The number of carbonyl (C=O) groups excluding carboxylic acids is 6. The van der Waals surface area contributed by atoms with Crippen LogP contribution in [-0.4, -0.2) is 118 Å². The maximum atomic E-state index is 12.9. The number of benzene rings is 3. The highest BCUT2D eigenvalue weighted by Gasteiger charge is 2.56. The first-order valence-corrected chi connectivity index (χ1v) is 18.6. The lowest BCUT2D eigenvalue weighted by atomic mass is 9.97. The Labute approximate surface area is 339 Å². The molecule has 18 heteroatoms. The minimum absolute atomic E-state index is 0.0200. The van der Waals surface area contributed by atoms with E-state index in [9.17, 15) is 33.9 Å². The normalized spacial score (nSPS) is 19.3. The molecular formula is C41H46N2O16. The number of nitrogens with one attached hydrogen (secondary N) is 2. The van der Waals surface area contributed by atoms with Gasteiger partial charge in [-0.3, -0.25) is 19.2 Å². The summed E-state index contributed by atoms with van der Waals surface area (Å²) in [5, 5.41) is 15.0. The van der Waals surface area contributed by atoms with Crippen LogP contribution in [0, 0.1) is 0 Å². The molecule has 0 radical (unpaired) electrons. The quantitative estimate of drug-likeness (QED) is 0.0952. The average molecular weight is 823 g/mol. The summed E-state index contributed by atoms with van der Waals surface area (Å²) in [5.74, 6) is -4.41. The van der Waals surface area contributed by atoms with Gasteiger partial charge in [-0.2, -0.15) is 0 Å². The van der Waals surface area contributed by atoms with Crippen molar-refractivity contribution >= 4 is 41.6 Å². The monoisotopic (exact) mass is 822 g/mol. The zero-order chi connectivity index (χ0) is 42.5. The SMILES string of the molecule is COC(=O)[C@H]1O[C@@H](Oc2ccc(CO)cc2NC(=O)COCCOCCNC(=O)OCC2c3ccccc3-c3ccccc32)[C@H](OC(C)=O)[C@@H](OC(C)=O)[C@@H]1OC(C)=O. The van der Waals surface area contributed by atoms with Crippen molar-refractivity contribution in [2.45, 2.75) is 64.0 Å². The Morgan fingerprint density at radius 2 is 1.36 bits per heavy atom. The number of carbonyl (C=O) groups is 6. The molecule has 1 aliphatic heterocycles. The van der Waals surface area contributed by atoms with E-state index in [1.165, 1.54) is 18.2 Å². The highest BCUT2D eigenvalue weighted by atomic mass is 16.7. The predicted molar refractivity (Wildman–Crippen MR) is 204 cm³/mol. The van der Waals surface area contributed by atoms with E-state index in [0.29, 0.717) is 5.56 Å². The molecular weight excluding hydrogens is 776 g/mol. The van der Waals surface area contributed by atoms with Crippen LogP contribution < -0.4 is 15.4 Å². The van der Waals surface area contributed by atoms with Crippen LogP contribution >= 0.6 is 0 Å². The van der Waals surface area contributed by atoms with Crippen molar-refractivity contribution in [3.8, 4) is 16.9 Å². The number of alkyl carbamates (subject to hydrolysis) is 1. The van der Waals surface area contributed by atoms with Gasteiger partial charge in [0.05, 0.1) is 39.2 Å². The fraction of sp³-hybridized carbons (Fsp3) is 0.415. The molecule has 1 heterocycles. The lowest BCUT2D eigenvalue weighted by Gasteiger charge is -2.43. The van der Waals surface area contributed by atoms with Gasteiger partial charge < -0.3 is 58.4 Å². The molecule has 5 rings (SSSR count). The standard InChI is InChI=1S/C41H46N2O16/c1-23(45)55-35-36(56-24(2)46)38(57-25(3)47)40(59-37(35)39(49)51-4)58-33-14-13-26(20-44)19-32(33)43-34(48)22-53-18-17-52-16-15-42-41(50)54-21-31-29-11-7-5-9-27(29)28-10-6-8-12-30(28)31/h5-14,19,31,35-38,40,44H,15-18,20-22H2,1-4H3,(H,42,50)(H,43,48)/t35-,36-,37-,38+,40+/m0/s1. The lowest BCUT2D eigenvalue weighted by molar-refractivity contribution is -0.282. The van der Waals surface area contributed by atoms with E-state index in [1.54, 1.807) is 0 Å². The summed E-state index contributed by atoms with van der Waals surface area (Å²) in [6.07, 6.45) is -8.78. The third-order valence-electron chi connectivity index (χ3n) is 9.04. The smallest absolute Gasteiger partial charge is 0.407 e. The van der Waals surface area contributed by atoms with Crippen LogP contribution in [0.25, 0.3) is 11.1 Å². The predicted octanol–water partition coefficient (Wildman–Crippen LogP) is 2.76. The molecule has 1 saturated heterocycles. The molecule has 0 bridgehead atoms. The Morgan fingerprint density at radius 1 is 0.746 bits per heavy atom. The van der Waals surface area contributed by atoms with Gasteiger partial charge >= 0.3 is 30.0 Å². The van der Waals surface area contributed by atoms with Gasteiger partial charge in [0.2, 0.25) is 18.3 Å². The highest BCUT2D eigenvalue weighted by molar-refractivity contribution is 5.93. The molecule has 0 spiro atoms. The van der Waals surface area contributed by atoms with Crippen LogP contribution in [0.15, 0.2) is 66.7 Å².